The number of aromatic nitrogens is 2. The number of rotatable bonds is 4. The summed E-state index contributed by atoms with van der Waals surface area (Å²) in [7, 11) is 0. The van der Waals surface area contributed by atoms with E-state index in [1.165, 1.54) is 6.20 Å². The Balaban J connectivity index is 2.26. The van der Waals surface area contributed by atoms with E-state index in [2.05, 4.69) is 16.3 Å². The summed E-state index contributed by atoms with van der Waals surface area (Å²) in [6.07, 6.45) is 3.15. The predicted molar refractivity (Wildman–Crippen MR) is 62.2 cm³/mol. The van der Waals surface area contributed by atoms with Gasteiger partial charge in [-0.15, -0.1) is 5.10 Å². The summed E-state index contributed by atoms with van der Waals surface area (Å²) in [5.74, 6) is 1.43. The van der Waals surface area contributed by atoms with Crippen LogP contribution in [0.3, 0.4) is 0 Å². The Bertz CT molecular complexity index is 516. The van der Waals surface area contributed by atoms with Gasteiger partial charge in [0, 0.05) is 6.54 Å². The van der Waals surface area contributed by atoms with Crippen LogP contribution in [0.5, 0.6) is 0 Å². The quantitative estimate of drug-likeness (QED) is 0.800. The van der Waals surface area contributed by atoms with Gasteiger partial charge in [0.2, 0.25) is 0 Å². The second-order valence-electron chi connectivity index (χ2n) is 3.47. The highest BCUT2D eigenvalue weighted by atomic mass is 16.3. The SMILES string of the molecule is CCN(Cc1ccco1)c1nnccc1C#N. The van der Waals surface area contributed by atoms with E-state index in [4.69, 9.17) is 9.68 Å². The first-order valence-corrected chi connectivity index (χ1v) is 5.34. The molecule has 0 aliphatic carbocycles. The fourth-order valence-electron chi connectivity index (χ4n) is 1.57. The first-order chi connectivity index (χ1) is 8.35. The highest BCUT2D eigenvalue weighted by molar-refractivity contribution is 5.52. The van der Waals surface area contributed by atoms with Gasteiger partial charge in [-0.05, 0) is 25.1 Å². The Morgan fingerprint density at radius 2 is 2.35 bits per heavy atom. The maximum Gasteiger partial charge on any atom is 0.169 e. The minimum Gasteiger partial charge on any atom is -0.467 e. The van der Waals surface area contributed by atoms with Crippen molar-refractivity contribution in [2.75, 3.05) is 11.4 Å². The first-order valence-electron chi connectivity index (χ1n) is 5.34. The summed E-state index contributed by atoms with van der Waals surface area (Å²) in [6, 6.07) is 7.51. The fraction of sp³-hybridized carbons (Fsp3) is 0.250. The van der Waals surface area contributed by atoms with Crippen LogP contribution in [0.2, 0.25) is 0 Å². The van der Waals surface area contributed by atoms with Crippen molar-refractivity contribution in [3.8, 4) is 6.07 Å². The lowest BCUT2D eigenvalue weighted by Crippen LogP contribution is -2.24. The van der Waals surface area contributed by atoms with Crippen LogP contribution in [0.25, 0.3) is 0 Å². The van der Waals surface area contributed by atoms with E-state index in [0.29, 0.717) is 17.9 Å². The maximum atomic E-state index is 9.02. The van der Waals surface area contributed by atoms with Crippen molar-refractivity contribution in [1.29, 1.82) is 5.26 Å². The van der Waals surface area contributed by atoms with Crippen molar-refractivity contribution in [3.63, 3.8) is 0 Å². The first kappa shape index (κ1) is 11.1. The van der Waals surface area contributed by atoms with Gasteiger partial charge in [0.25, 0.3) is 0 Å². The summed E-state index contributed by atoms with van der Waals surface area (Å²) in [4.78, 5) is 1.95. The molecule has 5 heteroatoms. The average Bonchev–Trinajstić information content (AvgIpc) is 2.89. The molecule has 0 aromatic carbocycles. The van der Waals surface area contributed by atoms with Gasteiger partial charge in [0.1, 0.15) is 11.8 Å². The van der Waals surface area contributed by atoms with E-state index >= 15 is 0 Å². The molecule has 0 unspecified atom stereocenters. The summed E-state index contributed by atoms with van der Waals surface area (Å²) < 4.78 is 5.29. The van der Waals surface area contributed by atoms with Crippen LogP contribution in [0, 0.1) is 11.3 Å². The van der Waals surface area contributed by atoms with Crippen molar-refractivity contribution < 1.29 is 4.42 Å². The van der Waals surface area contributed by atoms with Gasteiger partial charge in [0.15, 0.2) is 5.82 Å². The van der Waals surface area contributed by atoms with Crippen LogP contribution in [-0.2, 0) is 6.54 Å². The standard InChI is InChI=1S/C12H12N4O/c1-2-16(9-11-4-3-7-17-11)12-10(8-13)5-6-14-15-12/h3-7H,2,9H2,1H3. The molecule has 2 aromatic rings. The molecule has 0 bridgehead atoms. The number of hydrogen-bond acceptors (Lipinski definition) is 5. The normalized spacial score (nSPS) is 9.88. The van der Waals surface area contributed by atoms with Gasteiger partial charge in [-0.3, -0.25) is 0 Å². The topological polar surface area (TPSA) is 66.0 Å². The molecule has 0 fully saturated rings. The Morgan fingerprint density at radius 1 is 1.47 bits per heavy atom. The van der Waals surface area contributed by atoms with Crippen LogP contribution < -0.4 is 4.90 Å². The summed E-state index contributed by atoms with van der Waals surface area (Å²) in [5.41, 5.74) is 0.522. The molecule has 0 saturated carbocycles. The second kappa shape index (κ2) is 5.12. The summed E-state index contributed by atoms with van der Waals surface area (Å²) >= 11 is 0. The fourth-order valence-corrected chi connectivity index (χ4v) is 1.57. The third-order valence-corrected chi connectivity index (χ3v) is 2.43. The van der Waals surface area contributed by atoms with Gasteiger partial charge in [-0.25, -0.2) is 0 Å². The zero-order valence-corrected chi connectivity index (χ0v) is 9.50. The molecule has 17 heavy (non-hydrogen) atoms. The number of hydrogen-bond donors (Lipinski definition) is 0. The molecule has 86 valence electrons. The van der Waals surface area contributed by atoms with Crippen molar-refractivity contribution >= 4 is 5.82 Å². The molecule has 0 N–H and O–H groups in total. The largest absolute Gasteiger partial charge is 0.467 e. The van der Waals surface area contributed by atoms with Gasteiger partial charge >= 0.3 is 0 Å². The molecular formula is C12H12N4O. The van der Waals surface area contributed by atoms with Crippen LogP contribution in [0.4, 0.5) is 5.82 Å². The molecule has 2 aromatic heterocycles. The average molecular weight is 228 g/mol. The Labute approximate surface area is 99.3 Å². The minimum absolute atomic E-state index is 0.522. The molecular weight excluding hydrogens is 216 g/mol. The molecule has 0 aliphatic heterocycles. The van der Waals surface area contributed by atoms with Gasteiger partial charge in [0.05, 0.1) is 24.6 Å². The Kier molecular flexibility index (Phi) is 3.36. The summed E-state index contributed by atoms with van der Waals surface area (Å²) in [5, 5.41) is 16.9. The predicted octanol–water partition coefficient (Wildman–Crippen LogP) is 1.97. The lowest BCUT2D eigenvalue weighted by molar-refractivity contribution is 0.502. The number of nitrogens with zero attached hydrogens (tertiary/aromatic N) is 4. The molecule has 0 saturated heterocycles. The van der Waals surface area contributed by atoms with Crippen molar-refractivity contribution in [2.24, 2.45) is 0 Å². The molecule has 2 rings (SSSR count). The highest BCUT2D eigenvalue weighted by Crippen LogP contribution is 2.17. The van der Waals surface area contributed by atoms with Gasteiger partial charge < -0.3 is 9.32 Å². The lowest BCUT2D eigenvalue weighted by atomic mass is 10.2. The van der Waals surface area contributed by atoms with Crippen LogP contribution in [-0.4, -0.2) is 16.7 Å². The minimum atomic E-state index is 0.522. The number of furan rings is 1. The Morgan fingerprint density at radius 3 is 3.00 bits per heavy atom. The van der Waals surface area contributed by atoms with Crippen LogP contribution >= 0.6 is 0 Å². The van der Waals surface area contributed by atoms with Crippen molar-refractivity contribution in [3.05, 3.63) is 42.0 Å². The zero-order chi connectivity index (χ0) is 12.1. The zero-order valence-electron chi connectivity index (χ0n) is 9.50. The highest BCUT2D eigenvalue weighted by Gasteiger charge is 2.13. The third-order valence-electron chi connectivity index (χ3n) is 2.43. The monoisotopic (exact) mass is 228 g/mol. The van der Waals surface area contributed by atoms with E-state index in [9.17, 15) is 0 Å². The summed E-state index contributed by atoms with van der Waals surface area (Å²) in [6.45, 7) is 3.31. The van der Waals surface area contributed by atoms with E-state index in [0.717, 1.165) is 12.3 Å². The molecule has 2 heterocycles. The number of anilines is 1. The van der Waals surface area contributed by atoms with E-state index in [1.54, 1.807) is 12.3 Å². The molecule has 5 nitrogen and oxygen atoms in total. The van der Waals surface area contributed by atoms with E-state index in [-0.39, 0.29) is 0 Å². The van der Waals surface area contributed by atoms with Crippen LogP contribution in [0.15, 0.2) is 35.1 Å². The molecule has 0 atom stereocenters. The molecule has 0 amide bonds. The van der Waals surface area contributed by atoms with Gasteiger partial charge in [-0.2, -0.15) is 10.4 Å². The molecule has 0 spiro atoms. The van der Waals surface area contributed by atoms with Gasteiger partial charge in [-0.1, -0.05) is 0 Å². The van der Waals surface area contributed by atoms with E-state index in [1.807, 2.05) is 24.0 Å². The van der Waals surface area contributed by atoms with E-state index < -0.39 is 0 Å². The third kappa shape index (κ3) is 2.42. The molecule has 0 radical (unpaired) electrons. The maximum absolute atomic E-state index is 9.02. The smallest absolute Gasteiger partial charge is 0.169 e. The number of nitriles is 1. The Hall–Kier alpha value is -2.35. The van der Waals surface area contributed by atoms with Crippen LogP contribution in [0.1, 0.15) is 18.2 Å². The lowest BCUT2D eigenvalue weighted by Gasteiger charge is -2.20. The van der Waals surface area contributed by atoms with Crippen molar-refractivity contribution in [2.45, 2.75) is 13.5 Å². The molecule has 0 aliphatic rings. The second-order valence-corrected chi connectivity index (χ2v) is 3.47. The van der Waals surface area contributed by atoms with Crippen molar-refractivity contribution in [1.82, 2.24) is 10.2 Å².